The van der Waals surface area contributed by atoms with Crippen LogP contribution in [0.1, 0.15) is 0 Å². The average molecular weight is 185 g/mol. The summed E-state index contributed by atoms with van der Waals surface area (Å²) in [7, 11) is 1.31. The minimum absolute atomic E-state index is 0.656. The summed E-state index contributed by atoms with van der Waals surface area (Å²) < 4.78 is 0. The molecule has 0 aliphatic carbocycles. The van der Waals surface area contributed by atoms with Crippen molar-refractivity contribution >= 4 is 34.6 Å². The second-order valence-corrected chi connectivity index (χ2v) is 3.02. The third kappa shape index (κ3) is 2.17. The molecule has 1 rings (SSSR count). The van der Waals surface area contributed by atoms with Crippen LogP contribution < -0.4 is 5.32 Å². The molecule has 0 saturated carbocycles. The lowest BCUT2D eigenvalue weighted by Crippen LogP contribution is -1.94. The quantitative estimate of drug-likeness (QED) is 0.429. The third-order valence-corrected chi connectivity index (χ3v) is 2.34. The van der Waals surface area contributed by atoms with Crippen LogP contribution in [0.4, 0.5) is 5.69 Å². The lowest BCUT2D eigenvalue weighted by molar-refractivity contribution is -0.105. The number of carbonyl (C=O) groups excluding carboxylic acids is 1. The Bertz CT molecular complexity index is 252. The highest BCUT2D eigenvalue weighted by Gasteiger charge is 1.96. The summed E-state index contributed by atoms with van der Waals surface area (Å²) in [4.78, 5) is 11.0. The molecule has 0 bridgehead atoms. The normalized spacial score (nSPS) is 9.18. The fraction of sp³-hybridized carbons (Fsp3) is 0. The monoisotopic (exact) mass is 185 g/mol. The van der Waals surface area contributed by atoms with Gasteiger partial charge in [-0.15, -0.1) is 11.7 Å². The van der Waals surface area contributed by atoms with Gasteiger partial charge in [0.15, 0.2) is 0 Å². The van der Waals surface area contributed by atoms with Crippen molar-refractivity contribution in [3.8, 4) is 0 Å². The molecule has 4 heteroatoms. The van der Waals surface area contributed by atoms with Gasteiger partial charge in [0.25, 0.3) is 0 Å². The van der Waals surface area contributed by atoms with Crippen molar-refractivity contribution in [3.63, 3.8) is 0 Å². The number of hydrogen-bond donors (Lipinski definition) is 2. The Balaban J connectivity index is 2.92. The van der Waals surface area contributed by atoms with E-state index in [0.717, 1.165) is 10.6 Å². The maximum absolute atomic E-state index is 10.1. The molecular formula is C7H7NOS2. The van der Waals surface area contributed by atoms with Crippen molar-refractivity contribution in [1.82, 2.24) is 0 Å². The van der Waals surface area contributed by atoms with E-state index in [1.165, 1.54) is 10.8 Å². The molecule has 0 spiro atoms. The second kappa shape index (κ2) is 4.31. The van der Waals surface area contributed by atoms with E-state index in [1.807, 2.05) is 24.3 Å². The molecule has 2 nitrogen and oxygen atoms in total. The molecule has 1 amide bonds. The van der Waals surface area contributed by atoms with Crippen molar-refractivity contribution in [3.05, 3.63) is 24.3 Å². The Hall–Kier alpha value is -0.610. The van der Waals surface area contributed by atoms with E-state index < -0.39 is 0 Å². The molecule has 0 fully saturated rings. The molecular weight excluding hydrogens is 178 g/mol. The summed E-state index contributed by atoms with van der Waals surface area (Å²) >= 11 is 4.03. The largest absolute Gasteiger partial charge is 0.328 e. The molecule has 0 aromatic heterocycles. The van der Waals surface area contributed by atoms with Crippen molar-refractivity contribution < 1.29 is 4.79 Å². The highest BCUT2D eigenvalue weighted by atomic mass is 33.1. The zero-order chi connectivity index (χ0) is 8.10. The van der Waals surface area contributed by atoms with Crippen LogP contribution in [0, 0.1) is 0 Å². The number of nitrogens with one attached hydrogen (secondary N) is 1. The van der Waals surface area contributed by atoms with Crippen LogP contribution in [0.3, 0.4) is 0 Å². The van der Waals surface area contributed by atoms with Gasteiger partial charge < -0.3 is 5.32 Å². The maximum Gasteiger partial charge on any atom is 0.211 e. The van der Waals surface area contributed by atoms with Crippen LogP contribution >= 0.6 is 22.5 Å². The van der Waals surface area contributed by atoms with Crippen LogP contribution in [0.5, 0.6) is 0 Å². The van der Waals surface area contributed by atoms with Crippen LogP contribution in [-0.4, -0.2) is 6.41 Å². The van der Waals surface area contributed by atoms with Crippen LogP contribution in [0.25, 0.3) is 0 Å². The molecule has 58 valence electrons. The molecule has 0 unspecified atom stereocenters. The fourth-order valence-electron chi connectivity index (χ4n) is 0.729. The molecule has 1 N–H and O–H groups in total. The molecule has 1 aromatic rings. The van der Waals surface area contributed by atoms with E-state index in [2.05, 4.69) is 17.0 Å². The SMILES string of the molecule is O=CNc1ccccc1SS. The number of para-hydroxylation sites is 1. The maximum atomic E-state index is 10.1. The minimum atomic E-state index is 0.656. The zero-order valence-corrected chi connectivity index (χ0v) is 7.36. The smallest absolute Gasteiger partial charge is 0.211 e. The lowest BCUT2D eigenvalue weighted by Gasteiger charge is -2.02. The summed E-state index contributed by atoms with van der Waals surface area (Å²) in [6.45, 7) is 0. The standard InChI is InChI=1S/C7H7NOS2/c9-5-8-6-3-1-2-4-7(6)11-10/h1-5,10H,(H,8,9). The molecule has 0 aliphatic heterocycles. The van der Waals surface area contributed by atoms with E-state index in [-0.39, 0.29) is 0 Å². The van der Waals surface area contributed by atoms with Crippen molar-refractivity contribution in [1.29, 1.82) is 0 Å². The predicted octanol–water partition coefficient (Wildman–Crippen LogP) is 2.19. The first-order valence-corrected chi connectivity index (χ1v) is 4.86. The Morgan fingerprint density at radius 1 is 1.45 bits per heavy atom. The summed E-state index contributed by atoms with van der Waals surface area (Å²) in [5.41, 5.74) is 0.794. The van der Waals surface area contributed by atoms with Gasteiger partial charge in [0.05, 0.1) is 5.69 Å². The highest BCUT2D eigenvalue weighted by Crippen LogP contribution is 2.28. The number of thiol groups is 1. The van der Waals surface area contributed by atoms with Crippen molar-refractivity contribution in [2.75, 3.05) is 5.32 Å². The summed E-state index contributed by atoms with van der Waals surface area (Å²) in [5.74, 6) is 0. The summed E-state index contributed by atoms with van der Waals surface area (Å²) in [6, 6.07) is 7.48. The molecule has 1 aromatic carbocycles. The summed E-state index contributed by atoms with van der Waals surface area (Å²) in [5, 5.41) is 2.58. The van der Waals surface area contributed by atoms with E-state index in [4.69, 9.17) is 0 Å². The number of anilines is 1. The van der Waals surface area contributed by atoms with Gasteiger partial charge in [-0.2, -0.15) is 0 Å². The Morgan fingerprint density at radius 2 is 2.18 bits per heavy atom. The van der Waals surface area contributed by atoms with Gasteiger partial charge in [-0.1, -0.05) is 22.9 Å². The molecule has 0 radical (unpaired) electrons. The van der Waals surface area contributed by atoms with E-state index >= 15 is 0 Å². The Labute approximate surface area is 74.2 Å². The van der Waals surface area contributed by atoms with E-state index in [9.17, 15) is 4.79 Å². The van der Waals surface area contributed by atoms with Crippen molar-refractivity contribution in [2.45, 2.75) is 4.90 Å². The number of amides is 1. The summed E-state index contributed by atoms with van der Waals surface area (Å²) in [6.07, 6.45) is 0.656. The first-order chi connectivity index (χ1) is 5.38. The fourth-order valence-corrected chi connectivity index (χ4v) is 1.57. The Kier molecular flexibility index (Phi) is 3.32. The van der Waals surface area contributed by atoms with E-state index in [0.29, 0.717) is 6.41 Å². The average Bonchev–Trinajstić information content (AvgIpc) is 2.06. The topological polar surface area (TPSA) is 29.1 Å². The Morgan fingerprint density at radius 3 is 2.82 bits per heavy atom. The number of benzene rings is 1. The third-order valence-electron chi connectivity index (χ3n) is 1.20. The minimum Gasteiger partial charge on any atom is -0.328 e. The molecule has 0 heterocycles. The van der Waals surface area contributed by atoms with E-state index in [1.54, 1.807) is 0 Å². The molecule has 11 heavy (non-hydrogen) atoms. The van der Waals surface area contributed by atoms with Crippen LogP contribution in [-0.2, 0) is 4.79 Å². The van der Waals surface area contributed by atoms with Gasteiger partial charge in [0.2, 0.25) is 6.41 Å². The second-order valence-electron chi connectivity index (χ2n) is 1.85. The molecule has 0 saturated heterocycles. The first kappa shape index (κ1) is 8.49. The van der Waals surface area contributed by atoms with Crippen molar-refractivity contribution in [2.24, 2.45) is 0 Å². The first-order valence-electron chi connectivity index (χ1n) is 2.99. The highest BCUT2D eigenvalue weighted by molar-refractivity contribution is 8.68. The van der Waals surface area contributed by atoms with Gasteiger partial charge in [-0.25, -0.2) is 0 Å². The number of carbonyl (C=O) groups is 1. The number of hydrogen-bond acceptors (Lipinski definition) is 3. The number of rotatable bonds is 3. The van der Waals surface area contributed by atoms with Gasteiger partial charge >= 0.3 is 0 Å². The molecule has 0 aliphatic rings. The van der Waals surface area contributed by atoms with Gasteiger partial charge in [-0.3, -0.25) is 4.79 Å². The zero-order valence-electron chi connectivity index (χ0n) is 5.65. The van der Waals surface area contributed by atoms with Crippen LogP contribution in [0.15, 0.2) is 29.2 Å². The van der Waals surface area contributed by atoms with Crippen LogP contribution in [0.2, 0.25) is 0 Å². The lowest BCUT2D eigenvalue weighted by atomic mass is 10.3. The van der Waals surface area contributed by atoms with Gasteiger partial charge in [0.1, 0.15) is 0 Å². The van der Waals surface area contributed by atoms with Gasteiger partial charge in [0, 0.05) is 4.90 Å². The predicted molar refractivity (Wildman–Crippen MR) is 51.0 cm³/mol. The van der Waals surface area contributed by atoms with Gasteiger partial charge in [-0.05, 0) is 12.1 Å². The molecule has 0 atom stereocenters.